The second kappa shape index (κ2) is 6.13. The zero-order valence-electron chi connectivity index (χ0n) is 12.6. The van der Waals surface area contributed by atoms with Gasteiger partial charge < -0.3 is 9.64 Å². The van der Waals surface area contributed by atoms with Gasteiger partial charge in [-0.2, -0.15) is 9.61 Å². The lowest BCUT2D eigenvalue weighted by Gasteiger charge is -2.29. The smallest absolute Gasteiger partial charge is 0.159 e. The molecule has 0 atom stereocenters. The third-order valence-electron chi connectivity index (χ3n) is 3.78. The van der Waals surface area contributed by atoms with Gasteiger partial charge in [0.05, 0.1) is 25.1 Å². The maximum atomic E-state index is 5.44. The Balaban J connectivity index is 1.62. The van der Waals surface area contributed by atoms with Crippen LogP contribution in [0.5, 0.6) is 0 Å². The van der Waals surface area contributed by atoms with E-state index in [1.807, 2.05) is 47.0 Å². The average Bonchev–Trinajstić information content (AvgIpc) is 3.09. The molecule has 7 heteroatoms. The number of para-hydroxylation sites is 1. The van der Waals surface area contributed by atoms with Crippen molar-refractivity contribution >= 4 is 23.0 Å². The van der Waals surface area contributed by atoms with Gasteiger partial charge in [-0.25, -0.2) is 4.98 Å². The van der Waals surface area contributed by atoms with Crippen LogP contribution < -0.4 is 15.8 Å². The van der Waals surface area contributed by atoms with E-state index in [-0.39, 0.29) is 0 Å². The Labute approximate surface area is 133 Å². The summed E-state index contributed by atoms with van der Waals surface area (Å²) in [5, 5.41) is 4.38. The lowest BCUT2D eigenvalue weighted by molar-refractivity contribution is 0.122. The molecule has 23 heavy (non-hydrogen) atoms. The molecule has 2 aromatic heterocycles. The van der Waals surface area contributed by atoms with Crippen molar-refractivity contribution in [2.45, 2.75) is 0 Å². The van der Waals surface area contributed by atoms with Crippen LogP contribution >= 0.6 is 0 Å². The molecule has 0 saturated carbocycles. The Kier molecular flexibility index (Phi) is 3.69. The number of hydrogen-bond acceptors (Lipinski definition) is 6. The molecule has 1 fully saturated rings. The number of rotatable bonds is 4. The standard InChI is InChI=1S/C16H18N6O/c1-2-4-13(5-3-1)19-20-14-12-16(21-8-10-23-11-9-21)22-15(18-14)6-7-17-22/h1-7,12,19H,8-11H2,(H,18,20). The molecule has 1 saturated heterocycles. The van der Waals surface area contributed by atoms with E-state index >= 15 is 0 Å². The Morgan fingerprint density at radius 2 is 1.83 bits per heavy atom. The van der Waals surface area contributed by atoms with Gasteiger partial charge in [0.25, 0.3) is 0 Å². The van der Waals surface area contributed by atoms with Crippen molar-refractivity contribution in [1.82, 2.24) is 14.6 Å². The van der Waals surface area contributed by atoms with E-state index in [9.17, 15) is 0 Å². The molecule has 4 rings (SSSR count). The van der Waals surface area contributed by atoms with Crippen molar-refractivity contribution in [2.24, 2.45) is 0 Å². The van der Waals surface area contributed by atoms with E-state index in [0.29, 0.717) is 0 Å². The van der Waals surface area contributed by atoms with Crippen molar-refractivity contribution in [2.75, 3.05) is 42.1 Å². The first kappa shape index (κ1) is 13.8. The summed E-state index contributed by atoms with van der Waals surface area (Å²) in [6.07, 6.45) is 1.76. The number of ether oxygens (including phenoxy) is 1. The molecular weight excluding hydrogens is 292 g/mol. The van der Waals surface area contributed by atoms with E-state index in [4.69, 9.17) is 4.74 Å². The number of morpholine rings is 1. The molecule has 0 aliphatic carbocycles. The third kappa shape index (κ3) is 2.91. The minimum absolute atomic E-state index is 0.732. The Bertz CT molecular complexity index is 782. The topological polar surface area (TPSA) is 66.7 Å². The SMILES string of the molecule is c1ccc(NNc2cc(N3CCOCC3)n3nccc3n2)cc1. The van der Waals surface area contributed by atoms with Crippen LogP contribution in [0.25, 0.3) is 5.65 Å². The second-order valence-electron chi connectivity index (χ2n) is 5.32. The number of nitrogens with one attached hydrogen (secondary N) is 2. The largest absolute Gasteiger partial charge is 0.378 e. The van der Waals surface area contributed by atoms with Crippen LogP contribution in [0.15, 0.2) is 48.7 Å². The zero-order valence-corrected chi connectivity index (χ0v) is 12.6. The van der Waals surface area contributed by atoms with Crippen LogP contribution in [0.1, 0.15) is 0 Å². The van der Waals surface area contributed by atoms with E-state index < -0.39 is 0 Å². The summed E-state index contributed by atoms with van der Waals surface area (Å²) in [7, 11) is 0. The monoisotopic (exact) mass is 310 g/mol. The minimum atomic E-state index is 0.732. The average molecular weight is 310 g/mol. The highest BCUT2D eigenvalue weighted by Crippen LogP contribution is 2.21. The molecule has 0 amide bonds. The van der Waals surface area contributed by atoms with Crippen LogP contribution in [-0.4, -0.2) is 40.9 Å². The summed E-state index contributed by atoms with van der Waals surface area (Å²) in [6.45, 7) is 3.17. The summed E-state index contributed by atoms with van der Waals surface area (Å²) < 4.78 is 7.30. The normalized spacial score (nSPS) is 14.9. The fourth-order valence-corrected chi connectivity index (χ4v) is 2.64. The van der Waals surface area contributed by atoms with Crippen molar-refractivity contribution in [3.05, 3.63) is 48.7 Å². The number of nitrogens with zero attached hydrogens (tertiary/aromatic N) is 4. The van der Waals surface area contributed by atoms with Crippen LogP contribution in [0, 0.1) is 0 Å². The van der Waals surface area contributed by atoms with Crippen molar-refractivity contribution in [3.63, 3.8) is 0 Å². The summed E-state index contributed by atoms with van der Waals surface area (Å²) >= 11 is 0. The molecule has 3 aromatic rings. The molecule has 0 bridgehead atoms. The van der Waals surface area contributed by atoms with E-state index in [0.717, 1.165) is 49.3 Å². The molecule has 1 aliphatic rings. The molecule has 0 radical (unpaired) electrons. The number of fused-ring (bicyclic) bond motifs is 1. The number of hydrogen-bond donors (Lipinski definition) is 2. The molecule has 1 aliphatic heterocycles. The van der Waals surface area contributed by atoms with Crippen LogP contribution in [0.2, 0.25) is 0 Å². The van der Waals surface area contributed by atoms with Crippen molar-refractivity contribution < 1.29 is 4.74 Å². The zero-order chi connectivity index (χ0) is 15.5. The Morgan fingerprint density at radius 3 is 2.65 bits per heavy atom. The van der Waals surface area contributed by atoms with Crippen molar-refractivity contribution in [3.8, 4) is 0 Å². The molecule has 3 heterocycles. The molecular formula is C16H18N6O. The van der Waals surface area contributed by atoms with Gasteiger partial charge >= 0.3 is 0 Å². The van der Waals surface area contributed by atoms with E-state index in [1.165, 1.54) is 0 Å². The number of hydrazine groups is 1. The first-order valence-corrected chi connectivity index (χ1v) is 7.65. The highest BCUT2D eigenvalue weighted by atomic mass is 16.5. The maximum Gasteiger partial charge on any atom is 0.159 e. The van der Waals surface area contributed by atoms with E-state index in [1.54, 1.807) is 6.20 Å². The van der Waals surface area contributed by atoms with Crippen LogP contribution in [0.3, 0.4) is 0 Å². The first-order chi connectivity index (χ1) is 11.4. The predicted molar refractivity (Wildman–Crippen MR) is 89.7 cm³/mol. The highest BCUT2D eigenvalue weighted by molar-refractivity contribution is 5.60. The van der Waals surface area contributed by atoms with Gasteiger partial charge in [0.15, 0.2) is 11.5 Å². The number of aromatic nitrogens is 3. The fraction of sp³-hybridized carbons (Fsp3) is 0.250. The summed E-state index contributed by atoms with van der Waals surface area (Å²) in [6, 6.07) is 13.8. The van der Waals surface area contributed by atoms with Gasteiger partial charge in [0.2, 0.25) is 0 Å². The molecule has 7 nitrogen and oxygen atoms in total. The Morgan fingerprint density at radius 1 is 1.00 bits per heavy atom. The summed E-state index contributed by atoms with van der Waals surface area (Å²) in [5.74, 6) is 1.77. The molecule has 2 N–H and O–H groups in total. The summed E-state index contributed by atoms with van der Waals surface area (Å²) in [4.78, 5) is 6.84. The van der Waals surface area contributed by atoms with Gasteiger partial charge in [-0.15, -0.1) is 0 Å². The molecule has 0 unspecified atom stereocenters. The quantitative estimate of drug-likeness (QED) is 0.719. The third-order valence-corrected chi connectivity index (χ3v) is 3.78. The lowest BCUT2D eigenvalue weighted by Crippen LogP contribution is -2.37. The lowest BCUT2D eigenvalue weighted by atomic mass is 10.3. The van der Waals surface area contributed by atoms with Gasteiger partial charge in [-0.05, 0) is 12.1 Å². The van der Waals surface area contributed by atoms with Gasteiger partial charge in [-0.1, -0.05) is 18.2 Å². The van der Waals surface area contributed by atoms with E-state index in [2.05, 4.69) is 25.8 Å². The van der Waals surface area contributed by atoms with Gasteiger partial charge in [0, 0.05) is 25.2 Å². The first-order valence-electron chi connectivity index (χ1n) is 7.65. The molecule has 1 aromatic carbocycles. The number of anilines is 3. The van der Waals surface area contributed by atoms with Gasteiger partial charge in [-0.3, -0.25) is 10.9 Å². The van der Waals surface area contributed by atoms with Crippen molar-refractivity contribution in [1.29, 1.82) is 0 Å². The van der Waals surface area contributed by atoms with Gasteiger partial charge in [0.1, 0.15) is 5.82 Å². The molecule has 118 valence electrons. The maximum absolute atomic E-state index is 5.44. The highest BCUT2D eigenvalue weighted by Gasteiger charge is 2.16. The molecule has 0 spiro atoms. The Hall–Kier alpha value is -2.80. The summed E-state index contributed by atoms with van der Waals surface area (Å²) in [5.41, 5.74) is 8.12. The number of benzene rings is 1. The van der Waals surface area contributed by atoms with Crippen LogP contribution in [-0.2, 0) is 4.74 Å². The predicted octanol–water partition coefficient (Wildman–Crippen LogP) is 2.00. The fourth-order valence-electron chi connectivity index (χ4n) is 2.64. The second-order valence-corrected chi connectivity index (χ2v) is 5.32. The minimum Gasteiger partial charge on any atom is -0.378 e. The van der Waals surface area contributed by atoms with Crippen LogP contribution in [0.4, 0.5) is 17.3 Å².